The summed E-state index contributed by atoms with van der Waals surface area (Å²) in [5.41, 5.74) is 4.66. The van der Waals surface area contributed by atoms with E-state index in [1.54, 1.807) is 13.2 Å². The molecule has 8 heteroatoms. The molecule has 0 bridgehead atoms. The lowest BCUT2D eigenvalue weighted by molar-refractivity contribution is 0.657. The summed E-state index contributed by atoms with van der Waals surface area (Å²) in [4.78, 5) is 8.99. The number of rotatable bonds is 7. The van der Waals surface area contributed by atoms with Crippen LogP contribution in [0.4, 0.5) is 0 Å². The third-order valence-corrected chi connectivity index (χ3v) is 5.15. The third kappa shape index (κ3) is 5.63. The van der Waals surface area contributed by atoms with E-state index in [1.807, 2.05) is 36.0 Å². The van der Waals surface area contributed by atoms with Gasteiger partial charge in [0.2, 0.25) is 0 Å². The molecule has 0 aliphatic carbocycles. The Hall–Kier alpha value is -2.88. The monoisotopic (exact) mass is 529 g/mol. The lowest BCUT2D eigenvalue weighted by atomic mass is 10.1. The number of aliphatic imine (C=N–C) groups is 1. The van der Waals surface area contributed by atoms with Crippen molar-refractivity contribution in [2.45, 2.75) is 26.6 Å². The molecule has 0 aliphatic heterocycles. The van der Waals surface area contributed by atoms with E-state index in [1.165, 1.54) is 11.1 Å². The molecule has 0 fully saturated rings. The second-order valence-electron chi connectivity index (χ2n) is 7.12. The summed E-state index contributed by atoms with van der Waals surface area (Å²) in [6.45, 7) is 5.08. The van der Waals surface area contributed by atoms with Gasteiger partial charge < -0.3 is 15.2 Å². The molecule has 0 unspecified atom stereocenters. The number of benzene rings is 2. The number of nitrogens with one attached hydrogen (secondary N) is 2. The lowest BCUT2D eigenvalue weighted by Crippen LogP contribution is -2.38. The van der Waals surface area contributed by atoms with Crippen LogP contribution in [0.15, 0.2) is 72.0 Å². The average molecular weight is 529 g/mol. The summed E-state index contributed by atoms with van der Waals surface area (Å²) in [6, 6.07) is 18.6. The smallest absolute Gasteiger partial charge is 0.191 e. The summed E-state index contributed by atoms with van der Waals surface area (Å²) >= 11 is 0. The van der Waals surface area contributed by atoms with Crippen LogP contribution in [0.5, 0.6) is 0 Å². The van der Waals surface area contributed by atoms with E-state index in [0.717, 1.165) is 42.5 Å². The Balaban J connectivity index is 0.00000272. The number of aromatic nitrogens is 4. The normalized spacial score (nSPS) is 11.4. The topological polar surface area (TPSA) is 72.1 Å². The van der Waals surface area contributed by atoms with Gasteiger partial charge in [-0.05, 0) is 36.2 Å². The molecule has 2 aromatic carbocycles. The van der Waals surface area contributed by atoms with E-state index >= 15 is 0 Å². The first-order chi connectivity index (χ1) is 14.7. The van der Waals surface area contributed by atoms with Gasteiger partial charge in [-0.25, -0.2) is 4.98 Å². The van der Waals surface area contributed by atoms with Crippen molar-refractivity contribution in [3.05, 3.63) is 83.9 Å². The maximum Gasteiger partial charge on any atom is 0.191 e. The fraction of sp³-hybridized carbons (Fsp3) is 0.261. The van der Waals surface area contributed by atoms with Gasteiger partial charge in [-0.2, -0.15) is 5.10 Å². The van der Waals surface area contributed by atoms with E-state index in [4.69, 9.17) is 0 Å². The van der Waals surface area contributed by atoms with E-state index < -0.39 is 0 Å². The maximum atomic E-state index is 4.63. The summed E-state index contributed by atoms with van der Waals surface area (Å²) < 4.78 is 4.17. The van der Waals surface area contributed by atoms with Crippen molar-refractivity contribution in [2.24, 2.45) is 4.99 Å². The average Bonchev–Trinajstić information content (AvgIpc) is 3.39. The van der Waals surface area contributed by atoms with Crippen molar-refractivity contribution in [3.63, 3.8) is 0 Å². The van der Waals surface area contributed by atoms with Gasteiger partial charge >= 0.3 is 0 Å². The Morgan fingerprint density at radius 2 is 1.77 bits per heavy atom. The zero-order valence-electron chi connectivity index (χ0n) is 17.8. The number of aryl methyl sites for hydroxylation is 1. The number of imidazole rings is 1. The van der Waals surface area contributed by atoms with Crippen molar-refractivity contribution in [1.82, 2.24) is 30.0 Å². The minimum atomic E-state index is 0. The highest BCUT2D eigenvalue weighted by Crippen LogP contribution is 2.15. The van der Waals surface area contributed by atoms with Gasteiger partial charge in [0.05, 0.1) is 17.6 Å². The highest BCUT2D eigenvalue weighted by molar-refractivity contribution is 14.0. The molecule has 0 aliphatic rings. The number of guanidine groups is 1. The van der Waals surface area contributed by atoms with Crippen LogP contribution in [-0.4, -0.2) is 38.9 Å². The molecule has 162 valence electrons. The largest absolute Gasteiger partial charge is 0.355 e. The van der Waals surface area contributed by atoms with E-state index in [0.29, 0.717) is 6.54 Å². The fourth-order valence-electron chi connectivity index (χ4n) is 3.62. The number of nitrogens with zero attached hydrogens (tertiary/aromatic N) is 5. The van der Waals surface area contributed by atoms with Crippen LogP contribution in [0.25, 0.3) is 11.0 Å². The first-order valence-corrected chi connectivity index (χ1v) is 10.1. The first kappa shape index (κ1) is 22.8. The molecule has 2 heterocycles. The minimum Gasteiger partial charge on any atom is -0.355 e. The predicted molar refractivity (Wildman–Crippen MR) is 136 cm³/mol. The first-order valence-electron chi connectivity index (χ1n) is 10.1. The van der Waals surface area contributed by atoms with Crippen LogP contribution in [0.1, 0.15) is 17.0 Å². The quantitative estimate of drug-likeness (QED) is 0.218. The van der Waals surface area contributed by atoms with Crippen molar-refractivity contribution in [3.8, 4) is 0 Å². The molecule has 4 rings (SSSR count). The molecule has 0 saturated heterocycles. The number of halogens is 1. The SMILES string of the molecule is CN=C(NCCn1c(C)nc2ccccc21)NCc1ccccc1Cn1cccn1.I. The summed E-state index contributed by atoms with van der Waals surface area (Å²) in [6.07, 6.45) is 3.78. The van der Waals surface area contributed by atoms with Crippen LogP contribution in [0.2, 0.25) is 0 Å². The van der Waals surface area contributed by atoms with Crippen LogP contribution >= 0.6 is 24.0 Å². The van der Waals surface area contributed by atoms with Gasteiger partial charge in [-0.3, -0.25) is 9.67 Å². The van der Waals surface area contributed by atoms with Crippen LogP contribution in [0, 0.1) is 6.92 Å². The second-order valence-corrected chi connectivity index (χ2v) is 7.12. The zero-order valence-corrected chi connectivity index (χ0v) is 20.2. The molecule has 2 N–H and O–H groups in total. The highest BCUT2D eigenvalue weighted by Gasteiger charge is 2.07. The van der Waals surface area contributed by atoms with E-state index in [9.17, 15) is 0 Å². The number of hydrogen-bond donors (Lipinski definition) is 2. The van der Waals surface area contributed by atoms with Gasteiger partial charge in [0, 0.05) is 39.1 Å². The van der Waals surface area contributed by atoms with Crippen LogP contribution in [0.3, 0.4) is 0 Å². The van der Waals surface area contributed by atoms with Crippen LogP contribution in [-0.2, 0) is 19.6 Å². The maximum absolute atomic E-state index is 4.63. The van der Waals surface area contributed by atoms with Crippen molar-refractivity contribution >= 4 is 41.0 Å². The Kier molecular flexibility index (Phi) is 8.05. The highest BCUT2D eigenvalue weighted by atomic mass is 127. The number of para-hydroxylation sites is 2. The van der Waals surface area contributed by atoms with Gasteiger partial charge in [-0.1, -0.05) is 36.4 Å². The molecule has 0 saturated carbocycles. The standard InChI is InChI=1S/C23H27N7.HI/c1-18-28-21-10-5-6-11-22(21)30(18)15-13-25-23(24-2)26-16-19-8-3-4-9-20(19)17-29-14-7-12-27-29;/h3-12,14H,13,15-17H2,1-2H3,(H2,24,25,26);1H. The second kappa shape index (κ2) is 10.9. The molecule has 0 atom stereocenters. The molecule has 2 aromatic heterocycles. The number of fused-ring (bicyclic) bond motifs is 1. The van der Waals surface area contributed by atoms with Crippen molar-refractivity contribution in [1.29, 1.82) is 0 Å². The molecule has 0 radical (unpaired) electrons. The van der Waals surface area contributed by atoms with E-state index in [2.05, 4.69) is 66.7 Å². The summed E-state index contributed by atoms with van der Waals surface area (Å²) in [5.74, 6) is 1.81. The summed E-state index contributed by atoms with van der Waals surface area (Å²) in [7, 11) is 1.79. The van der Waals surface area contributed by atoms with Crippen molar-refractivity contribution < 1.29 is 0 Å². The Labute approximate surface area is 199 Å². The lowest BCUT2D eigenvalue weighted by Gasteiger charge is -2.15. The Morgan fingerprint density at radius 3 is 2.55 bits per heavy atom. The minimum absolute atomic E-state index is 0. The Morgan fingerprint density at radius 1 is 1.00 bits per heavy atom. The fourth-order valence-corrected chi connectivity index (χ4v) is 3.62. The van der Waals surface area contributed by atoms with Gasteiger partial charge in [-0.15, -0.1) is 24.0 Å². The third-order valence-electron chi connectivity index (χ3n) is 5.15. The van der Waals surface area contributed by atoms with Crippen molar-refractivity contribution in [2.75, 3.05) is 13.6 Å². The van der Waals surface area contributed by atoms with Gasteiger partial charge in [0.15, 0.2) is 5.96 Å². The predicted octanol–water partition coefficient (Wildman–Crippen LogP) is 3.57. The Bertz CT molecular complexity index is 1130. The molecular weight excluding hydrogens is 501 g/mol. The van der Waals surface area contributed by atoms with Crippen LogP contribution < -0.4 is 10.6 Å². The molecule has 7 nitrogen and oxygen atoms in total. The molecule has 31 heavy (non-hydrogen) atoms. The molecule has 0 amide bonds. The molecular formula is C23H28IN7. The molecule has 0 spiro atoms. The van der Waals surface area contributed by atoms with Gasteiger partial charge in [0.25, 0.3) is 0 Å². The van der Waals surface area contributed by atoms with Gasteiger partial charge in [0.1, 0.15) is 5.82 Å². The van der Waals surface area contributed by atoms with E-state index in [-0.39, 0.29) is 24.0 Å². The summed E-state index contributed by atoms with van der Waals surface area (Å²) in [5, 5.41) is 11.1. The number of hydrogen-bond acceptors (Lipinski definition) is 3. The zero-order chi connectivity index (χ0) is 20.8. The molecule has 4 aromatic rings.